The summed E-state index contributed by atoms with van der Waals surface area (Å²) in [4.78, 5) is 6.47. The fourth-order valence-electron chi connectivity index (χ4n) is 2.63. The van der Waals surface area contributed by atoms with Crippen molar-refractivity contribution in [1.29, 1.82) is 0 Å². The van der Waals surface area contributed by atoms with E-state index in [1.807, 2.05) is 12.1 Å². The molecule has 24 heavy (non-hydrogen) atoms. The quantitative estimate of drug-likeness (QED) is 0.435. The smallest absolute Gasteiger partial charge is 0.191 e. The number of ether oxygens (including phenoxy) is 1. The highest BCUT2D eigenvalue weighted by molar-refractivity contribution is 9.10. The average molecular weight is 401 g/mol. The van der Waals surface area contributed by atoms with E-state index in [4.69, 9.17) is 4.74 Å². The van der Waals surface area contributed by atoms with Crippen molar-refractivity contribution in [3.05, 3.63) is 34.1 Å². The zero-order valence-corrected chi connectivity index (χ0v) is 15.9. The van der Waals surface area contributed by atoms with Gasteiger partial charge in [-0.1, -0.05) is 22.0 Å². The normalized spacial score (nSPS) is 19.3. The summed E-state index contributed by atoms with van der Waals surface area (Å²) >= 11 is 3.27. The summed E-state index contributed by atoms with van der Waals surface area (Å²) in [6.07, 6.45) is 1.71. The molecule has 0 amide bonds. The Labute approximate surface area is 151 Å². The monoisotopic (exact) mass is 400 g/mol. The second kappa shape index (κ2) is 9.96. The van der Waals surface area contributed by atoms with Gasteiger partial charge in [-0.15, -0.1) is 0 Å². The summed E-state index contributed by atoms with van der Waals surface area (Å²) in [5.41, 5.74) is 0.738. The molecule has 2 N–H and O–H groups in total. The van der Waals surface area contributed by atoms with Crippen LogP contribution in [-0.2, 0) is 11.2 Å². The Hall–Kier alpha value is -1.18. The lowest BCUT2D eigenvalue weighted by Crippen LogP contribution is -2.48. The lowest BCUT2D eigenvalue weighted by Gasteiger charge is -2.30. The van der Waals surface area contributed by atoms with Crippen LogP contribution in [0.4, 0.5) is 4.39 Å². The number of rotatable bonds is 6. The Morgan fingerprint density at radius 2 is 2.29 bits per heavy atom. The van der Waals surface area contributed by atoms with Gasteiger partial charge in [-0.3, -0.25) is 4.99 Å². The van der Waals surface area contributed by atoms with Crippen LogP contribution in [0.15, 0.2) is 27.7 Å². The molecule has 134 valence electrons. The maximum Gasteiger partial charge on any atom is 0.191 e. The average Bonchev–Trinajstić information content (AvgIpc) is 2.56. The second-order valence-corrected chi connectivity index (χ2v) is 6.89. The Kier molecular flexibility index (Phi) is 7.94. The third kappa shape index (κ3) is 6.37. The van der Waals surface area contributed by atoms with E-state index in [-0.39, 0.29) is 11.9 Å². The molecule has 5 nitrogen and oxygen atoms in total. The van der Waals surface area contributed by atoms with Crippen molar-refractivity contribution in [1.82, 2.24) is 15.5 Å². The summed E-state index contributed by atoms with van der Waals surface area (Å²) in [5, 5.41) is 6.54. The zero-order valence-electron chi connectivity index (χ0n) is 14.3. The van der Waals surface area contributed by atoms with Crippen LogP contribution in [0.5, 0.6) is 0 Å². The third-order valence-corrected chi connectivity index (χ3v) is 4.49. The first-order chi connectivity index (χ1) is 11.6. The van der Waals surface area contributed by atoms with E-state index in [0.717, 1.165) is 55.2 Å². The van der Waals surface area contributed by atoms with Gasteiger partial charge in [-0.05, 0) is 37.6 Å². The summed E-state index contributed by atoms with van der Waals surface area (Å²) in [6, 6.07) is 5.20. The molecule has 1 saturated heterocycles. The molecule has 0 saturated carbocycles. The van der Waals surface area contributed by atoms with Crippen molar-refractivity contribution >= 4 is 21.9 Å². The predicted molar refractivity (Wildman–Crippen MR) is 99.0 cm³/mol. The minimum absolute atomic E-state index is 0.162. The third-order valence-electron chi connectivity index (χ3n) is 3.99. The van der Waals surface area contributed by atoms with Crippen molar-refractivity contribution in [2.24, 2.45) is 4.99 Å². The van der Waals surface area contributed by atoms with Crippen LogP contribution in [0.25, 0.3) is 0 Å². The van der Waals surface area contributed by atoms with Crippen molar-refractivity contribution in [2.45, 2.75) is 18.9 Å². The molecule has 1 heterocycles. The number of guanidine groups is 1. The summed E-state index contributed by atoms with van der Waals surface area (Å²) < 4.78 is 20.2. The number of likely N-dealkylation sites (N-methyl/N-ethyl adjacent to an activating group) is 1. The lowest BCUT2D eigenvalue weighted by atomic mass is 10.1. The highest BCUT2D eigenvalue weighted by Crippen LogP contribution is 2.16. The highest BCUT2D eigenvalue weighted by atomic mass is 79.9. The van der Waals surface area contributed by atoms with Crippen LogP contribution in [0.2, 0.25) is 0 Å². The largest absolute Gasteiger partial charge is 0.374 e. The van der Waals surface area contributed by atoms with Gasteiger partial charge in [-0.2, -0.15) is 0 Å². The Morgan fingerprint density at radius 3 is 3.00 bits per heavy atom. The van der Waals surface area contributed by atoms with Crippen LogP contribution in [0.3, 0.4) is 0 Å². The number of hydrogen-bond donors (Lipinski definition) is 2. The number of aryl methyl sites for hydroxylation is 1. The van der Waals surface area contributed by atoms with Crippen molar-refractivity contribution in [3.8, 4) is 0 Å². The lowest BCUT2D eigenvalue weighted by molar-refractivity contribution is -0.0161. The predicted octanol–water partition coefficient (Wildman–Crippen LogP) is 2.02. The van der Waals surface area contributed by atoms with E-state index in [0.29, 0.717) is 6.42 Å². The fourth-order valence-corrected chi connectivity index (χ4v) is 2.96. The molecule has 1 aromatic rings. The minimum Gasteiger partial charge on any atom is -0.374 e. The molecule has 7 heteroatoms. The molecule has 0 aliphatic carbocycles. The van der Waals surface area contributed by atoms with Crippen molar-refractivity contribution in [2.75, 3.05) is 46.9 Å². The molecule has 0 spiro atoms. The molecule has 1 aromatic carbocycles. The van der Waals surface area contributed by atoms with Crippen LogP contribution < -0.4 is 10.6 Å². The van der Waals surface area contributed by atoms with Gasteiger partial charge in [0.1, 0.15) is 5.82 Å². The number of benzene rings is 1. The van der Waals surface area contributed by atoms with Gasteiger partial charge in [0.15, 0.2) is 5.96 Å². The standard InChI is InChI=1S/C17H26BrFN4O/c1-20-17(22-11-15-12-23(2)8-9-24-15)21-7-3-4-13-5-6-14(18)10-16(13)19/h5-6,10,15H,3-4,7-9,11-12H2,1-2H3,(H2,20,21,22). The second-order valence-electron chi connectivity index (χ2n) is 5.97. The molecule has 1 fully saturated rings. The molecule has 1 atom stereocenters. The highest BCUT2D eigenvalue weighted by Gasteiger charge is 2.17. The Bertz CT molecular complexity index is 555. The van der Waals surface area contributed by atoms with E-state index < -0.39 is 0 Å². The van der Waals surface area contributed by atoms with Gasteiger partial charge in [0.2, 0.25) is 0 Å². The van der Waals surface area contributed by atoms with Gasteiger partial charge in [0.05, 0.1) is 12.7 Å². The van der Waals surface area contributed by atoms with Gasteiger partial charge in [0.25, 0.3) is 0 Å². The van der Waals surface area contributed by atoms with Gasteiger partial charge in [0, 0.05) is 37.7 Å². The number of morpholine rings is 1. The molecule has 1 aliphatic heterocycles. The number of hydrogen-bond acceptors (Lipinski definition) is 3. The van der Waals surface area contributed by atoms with Gasteiger partial charge in [-0.25, -0.2) is 4.39 Å². The number of nitrogens with one attached hydrogen (secondary N) is 2. The topological polar surface area (TPSA) is 48.9 Å². The fraction of sp³-hybridized carbons (Fsp3) is 0.588. The summed E-state index contributed by atoms with van der Waals surface area (Å²) in [5.74, 6) is 0.591. The van der Waals surface area contributed by atoms with Crippen LogP contribution >= 0.6 is 15.9 Å². The maximum atomic E-state index is 13.8. The first-order valence-corrected chi connectivity index (χ1v) is 9.06. The molecule has 0 bridgehead atoms. The van der Waals surface area contributed by atoms with E-state index >= 15 is 0 Å². The molecular weight excluding hydrogens is 375 g/mol. The number of aliphatic imine (C=N–C) groups is 1. The number of halogens is 2. The Morgan fingerprint density at radius 1 is 1.46 bits per heavy atom. The summed E-state index contributed by atoms with van der Waals surface area (Å²) in [6.45, 7) is 4.14. The van der Waals surface area contributed by atoms with Gasteiger partial charge < -0.3 is 20.3 Å². The molecule has 1 aliphatic rings. The van der Waals surface area contributed by atoms with Crippen molar-refractivity contribution < 1.29 is 9.13 Å². The van der Waals surface area contributed by atoms with Crippen molar-refractivity contribution in [3.63, 3.8) is 0 Å². The summed E-state index contributed by atoms with van der Waals surface area (Å²) in [7, 11) is 3.85. The minimum atomic E-state index is -0.162. The van der Waals surface area contributed by atoms with Gasteiger partial charge >= 0.3 is 0 Å². The van der Waals surface area contributed by atoms with E-state index in [9.17, 15) is 4.39 Å². The first-order valence-electron chi connectivity index (χ1n) is 8.27. The molecule has 1 unspecified atom stereocenters. The Balaban J connectivity index is 1.66. The molecular formula is C17H26BrFN4O. The van der Waals surface area contributed by atoms with E-state index in [1.54, 1.807) is 7.05 Å². The van der Waals surface area contributed by atoms with Crippen LogP contribution in [-0.4, -0.2) is 63.8 Å². The maximum absolute atomic E-state index is 13.8. The van der Waals surface area contributed by atoms with Crippen LogP contribution in [0, 0.1) is 5.82 Å². The molecule has 0 radical (unpaired) electrons. The molecule has 0 aromatic heterocycles. The zero-order chi connectivity index (χ0) is 17.4. The first kappa shape index (κ1) is 19.1. The molecule has 2 rings (SSSR count). The van der Waals surface area contributed by atoms with Crippen LogP contribution in [0.1, 0.15) is 12.0 Å². The van der Waals surface area contributed by atoms with E-state index in [2.05, 4.69) is 43.5 Å². The van der Waals surface area contributed by atoms with E-state index in [1.165, 1.54) is 6.07 Å². The SMILES string of the molecule is CN=C(NCCCc1ccc(Br)cc1F)NCC1CN(C)CCO1. The number of nitrogens with zero attached hydrogens (tertiary/aromatic N) is 2.